The molecule has 0 aromatic rings. The van der Waals surface area contributed by atoms with E-state index in [0.29, 0.717) is 5.57 Å². The van der Waals surface area contributed by atoms with E-state index >= 15 is 0 Å². The van der Waals surface area contributed by atoms with Gasteiger partial charge in [0.05, 0.1) is 17.8 Å². The van der Waals surface area contributed by atoms with Gasteiger partial charge in [0.1, 0.15) is 12.2 Å². The van der Waals surface area contributed by atoms with Gasteiger partial charge in [-0.05, 0) is 19.9 Å². The third kappa shape index (κ3) is 1.47. The van der Waals surface area contributed by atoms with Gasteiger partial charge in [-0.3, -0.25) is 0 Å². The van der Waals surface area contributed by atoms with Crippen LogP contribution in [0.25, 0.3) is 0 Å². The lowest BCUT2D eigenvalue weighted by molar-refractivity contribution is -0.143. The molecule has 4 atom stereocenters. The van der Waals surface area contributed by atoms with Crippen LogP contribution in [0.2, 0.25) is 0 Å². The molecule has 0 bridgehead atoms. The van der Waals surface area contributed by atoms with Crippen LogP contribution in [0.1, 0.15) is 13.8 Å². The van der Waals surface area contributed by atoms with E-state index < -0.39 is 12.2 Å². The van der Waals surface area contributed by atoms with E-state index in [4.69, 9.17) is 9.47 Å². The van der Waals surface area contributed by atoms with Gasteiger partial charge in [0.25, 0.3) is 0 Å². The first kappa shape index (κ1) is 8.72. The number of carbonyl (C=O) groups is 1. The standard InChI is InChI=1S/C9H12O4/c1-4(10)7-3-6(9(11)13-7)8-5(2)12-8/h3-5,7-8,10H,1-2H3/t4-,5-,7+,8?/m0/s1. The van der Waals surface area contributed by atoms with Crippen molar-refractivity contribution < 1.29 is 19.4 Å². The van der Waals surface area contributed by atoms with Crippen molar-refractivity contribution in [1.29, 1.82) is 0 Å². The van der Waals surface area contributed by atoms with E-state index in [1.807, 2.05) is 6.92 Å². The number of esters is 1. The number of aliphatic hydroxyl groups excluding tert-OH is 1. The number of ether oxygens (including phenoxy) is 2. The van der Waals surface area contributed by atoms with Crippen LogP contribution in [0.4, 0.5) is 0 Å². The van der Waals surface area contributed by atoms with E-state index in [-0.39, 0.29) is 18.2 Å². The molecule has 72 valence electrons. The molecule has 0 saturated carbocycles. The summed E-state index contributed by atoms with van der Waals surface area (Å²) in [6, 6.07) is 0. The molecule has 1 saturated heterocycles. The Morgan fingerprint density at radius 1 is 1.62 bits per heavy atom. The van der Waals surface area contributed by atoms with Crippen LogP contribution in [0.15, 0.2) is 11.6 Å². The van der Waals surface area contributed by atoms with E-state index in [1.54, 1.807) is 13.0 Å². The van der Waals surface area contributed by atoms with Crippen LogP contribution < -0.4 is 0 Å². The van der Waals surface area contributed by atoms with Crippen LogP contribution in [0.5, 0.6) is 0 Å². The van der Waals surface area contributed by atoms with E-state index in [9.17, 15) is 9.90 Å². The Kier molecular flexibility index (Phi) is 1.89. The molecule has 1 unspecified atom stereocenters. The summed E-state index contributed by atoms with van der Waals surface area (Å²) >= 11 is 0. The van der Waals surface area contributed by atoms with Crippen molar-refractivity contribution in [3.05, 3.63) is 11.6 Å². The molecule has 2 aliphatic rings. The lowest BCUT2D eigenvalue weighted by Gasteiger charge is -2.09. The summed E-state index contributed by atoms with van der Waals surface area (Å²) in [5, 5.41) is 9.19. The van der Waals surface area contributed by atoms with E-state index in [2.05, 4.69) is 0 Å². The van der Waals surface area contributed by atoms with Crippen LogP contribution in [0.3, 0.4) is 0 Å². The Hall–Kier alpha value is -0.870. The average molecular weight is 184 g/mol. The zero-order valence-electron chi connectivity index (χ0n) is 7.56. The zero-order chi connectivity index (χ0) is 9.59. The van der Waals surface area contributed by atoms with Crippen molar-refractivity contribution in [3.63, 3.8) is 0 Å². The van der Waals surface area contributed by atoms with E-state index in [0.717, 1.165) is 0 Å². The number of hydrogen-bond acceptors (Lipinski definition) is 4. The number of cyclic esters (lactones) is 1. The molecule has 1 fully saturated rings. The number of aliphatic hydroxyl groups is 1. The minimum atomic E-state index is -0.657. The molecule has 2 rings (SSSR count). The first-order valence-corrected chi connectivity index (χ1v) is 4.36. The predicted molar refractivity (Wildman–Crippen MR) is 44.0 cm³/mol. The quantitative estimate of drug-likeness (QED) is 0.485. The molecule has 0 amide bonds. The zero-order valence-corrected chi connectivity index (χ0v) is 7.56. The summed E-state index contributed by atoms with van der Waals surface area (Å²) in [4.78, 5) is 11.2. The lowest BCUT2D eigenvalue weighted by atomic mass is 10.1. The van der Waals surface area contributed by atoms with E-state index in [1.165, 1.54) is 0 Å². The Balaban J connectivity index is 2.10. The normalized spacial score (nSPS) is 39.8. The third-order valence-corrected chi connectivity index (χ3v) is 2.32. The van der Waals surface area contributed by atoms with Gasteiger partial charge < -0.3 is 14.6 Å². The van der Waals surface area contributed by atoms with Crippen molar-refractivity contribution in [2.45, 2.75) is 38.3 Å². The summed E-state index contributed by atoms with van der Waals surface area (Å²) in [6.07, 6.45) is 0.485. The Morgan fingerprint density at radius 3 is 2.62 bits per heavy atom. The highest BCUT2D eigenvalue weighted by Gasteiger charge is 2.45. The fraction of sp³-hybridized carbons (Fsp3) is 0.667. The molecule has 0 aromatic heterocycles. The predicted octanol–water partition coefficient (Wildman–Crippen LogP) is 0.00630. The van der Waals surface area contributed by atoms with Crippen molar-refractivity contribution >= 4 is 5.97 Å². The maximum atomic E-state index is 11.2. The molecule has 1 N–H and O–H groups in total. The van der Waals surface area contributed by atoms with Crippen molar-refractivity contribution in [1.82, 2.24) is 0 Å². The first-order chi connectivity index (χ1) is 6.09. The second-order valence-corrected chi connectivity index (χ2v) is 3.49. The van der Waals surface area contributed by atoms with Crippen molar-refractivity contribution in [2.24, 2.45) is 0 Å². The van der Waals surface area contributed by atoms with Crippen LogP contribution in [0, 0.1) is 0 Å². The highest BCUT2D eigenvalue weighted by Crippen LogP contribution is 2.33. The lowest BCUT2D eigenvalue weighted by Crippen LogP contribution is -2.22. The van der Waals surface area contributed by atoms with Gasteiger partial charge in [0.15, 0.2) is 0 Å². The second kappa shape index (κ2) is 2.82. The largest absolute Gasteiger partial charge is 0.452 e. The minimum absolute atomic E-state index is 0.103. The Labute approximate surface area is 76.1 Å². The highest BCUT2D eigenvalue weighted by molar-refractivity contribution is 5.92. The fourth-order valence-corrected chi connectivity index (χ4v) is 1.43. The average Bonchev–Trinajstić information content (AvgIpc) is 2.60. The second-order valence-electron chi connectivity index (χ2n) is 3.49. The smallest absolute Gasteiger partial charge is 0.337 e. The Bertz CT molecular complexity index is 269. The Morgan fingerprint density at radius 2 is 2.23 bits per heavy atom. The molecule has 0 aromatic carbocycles. The molecular formula is C9H12O4. The van der Waals surface area contributed by atoms with Crippen molar-refractivity contribution in [2.75, 3.05) is 0 Å². The van der Waals surface area contributed by atoms with Gasteiger partial charge in [-0.2, -0.15) is 0 Å². The third-order valence-electron chi connectivity index (χ3n) is 2.32. The molecule has 13 heavy (non-hydrogen) atoms. The fourth-order valence-electron chi connectivity index (χ4n) is 1.43. The summed E-state index contributed by atoms with van der Waals surface area (Å²) in [5.41, 5.74) is 0.554. The molecule has 0 spiro atoms. The first-order valence-electron chi connectivity index (χ1n) is 4.36. The number of carbonyl (C=O) groups excluding carboxylic acids is 1. The van der Waals surface area contributed by atoms with Gasteiger partial charge in [-0.1, -0.05) is 0 Å². The summed E-state index contributed by atoms with van der Waals surface area (Å²) in [5.74, 6) is -0.361. The molecule has 0 aliphatic carbocycles. The van der Waals surface area contributed by atoms with Gasteiger partial charge in [-0.15, -0.1) is 0 Å². The van der Waals surface area contributed by atoms with Crippen LogP contribution >= 0.6 is 0 Å². The van der Waals surface area contributed by atoms with Gasteiger partial charge in [0.2, 0.25) is 0 Å². The summed E-state index contributed by atoms with van der Waals surface area (Å²) < 4.78 is 10.1. The number of epoxide rings is 1. The van der Waals surface area contributed by atoms with Gasteiger partial charge in [0, 0.05) is 0 Å². The topological polar surface area (TPSA) is 59.1 Å². The van der Waals surface area contributed by atoms with Gasteiger partial charge in [-0.25, -0.2) is 4.79 Å². The van der Waals surface area contributed by atoms with Crippen molar-refractivity contribution in [3.8, 4) is 0 Å². The highest BCUT2D eigenvalue weighted by atomic mass is 16.6. The molecule has 2 heterocycles. The number of rotatable bonds is 2. The summed E-state index contributed by atoms with van der Waals surface area (Å²) in [7, 11) is 0. The monoisotopic (exact) mass is 184 g/mol. The maximum absolute atomic E-state index is 11.2. The molecular weight excluding hydrogens is 172 g/mol. The summed E-state index contributed by atoms with van der Waals surface area (Å²) in [6.45, 7) is 3.49. The maximum Gasteiger partial charge on any atom is 0.337 e. The van der Waals surface area contributed by atoms with Gasteiger partial charge >= 0.3 is 5.97 Å². The SMILES string of the molecule is C[C@@H]1OC1C1=C[C@H]([C@H](C)O)OC1=O. The molecule has 4 nitrogen and oxygen atoms in total. The minimum Gasteiger partial charge on any atom is -0.452 e. The molecule has 2 aliphatic heterocycles. The molecule has 4 heteroatoms. The van der Waals surface area contributed by atoms with Crippen LogP contribution in [-0.2, 0) is 14.3 Å². The molecule has 0 radical (unpaired) electrons. The van der Waals surface area contributed by atoms with Crippen LogP contribution in [-0.4, -0.2) is 35.5 Å². The number of hydrogen-bond donors (Lipinski definition) is 1.